The summed E-state index contributed by atoms with van der Waals surface area (Å²) in [6, 6.07) is 3.76. The number of nitrogens with zero attached hydrogens (tertiary/aromatic N) is 3. The highest BCUT2D eigenvalue weighted by atomic mass is 16.3. The van der Waals surface area contributed by atoms with Crippen LogP contribution in [0.25, 0.3) is 11.1 Å². The average Bonchev–Trinajstić information content (AvgIpc) is 3.15. The molecule has 2 aromatic heterocycles. The number of fused-ring (bicyclic) bond motifs is 1. The fourth-order valence-corrected chi connectivity index (χ4v) is 3.46. The zero-order valence-electron chi connectivity index (χ0n) is 15.1. The summed E-state index contributed by atoms with van der Waals surface area (Å²) in [5.41, 5.74) is 2.26. The fraction of sp³-hybridized carbons (Fsp3) is 0.474. The number of aromatic nitrogens is 1. The zero-order valence-corrected chi connectivity index (χ0v) is 15.1. The van der Waals surface area contributed by atoms with Crippen molar-refractivity contribution < 1.29 is 14.0 Å². The number of carbonyl (C=O) groups excluding carboxylic acids is 2. The fourth-order valence-electron chi connectivity index (χ4n) is 3.46. The second kappa shape index (κ2) is 6.78. The summed E-state index contributed by atoms with van der Waals surface area (Å²) in [4.78, 5) is 28.8. The van der Waals surface area contributed by atoms with Crippen molar-refractivity contribution in [3.8, 4) is 0 Å². The molecule has 0 spiro atoms. The average molecular weight is 343 g/mol. The lowest BCUT2D eigenvalue weighted by Crippen LogP contribution is -2.55. The van der Waals surface area contributed by atoms with Crippen LogP contribution in [0.5, 0.6) is 0 Å². The Hall–Kier alpha value is -2.50. The van der Waals surface area contributed by atoms with E-state index in [-0.39, 0.29) is 17.9 Å². The van der Waals surface area contributed by atoms with Gasteiger partial charge in [0, 0.05) is 44.0 Å². The SMILES string of the molecule is C=C(C)Cn1c(C(=O)N2CCN(C(=O)CC)[C@H](C)C2)cc2ccoc21. The second-order valence-electron chi connectivity index (χ2n) is 6.79. The largest absolute Gasteiger partial charge is 0.448 e. The van der Waals surface area contributed by atoms with Gasteiger partial charge in [-0.15, -0.1) is 0 Å². The van der Waals surface area contributed by atoms with Crippen LogP contribution < -0.4 is 0 Å². The van der Waals surface area contributed by atoms with Crippen LogP contribution in [-0.4, -0.2) is 51.9 Å². The molecule has 1 saturated heterocycles. The van der Waals surface area contributed by atoms with Crippen LogP contribution in [0, 0.1) is 0 Å². The minimum absolute atomic E-state index is 0.0249. The van der Waals surface area contributed by atoms with Crippen LogP contribution in [0.4, 0.5) is 0 Å². The summed E-state index contributed by atoms with van der Waals surface area (Å²) >= 11 is 0. The van der Waals surface area contributed by atoms with Gasteiger partial charge in [0.05, 0.1) is 6.26 Å². The van der Waals surface area contributed by atoms with E-state index in [9.17, 15) is 9.59 Å². The molecule has 0 N–H and O–H groups in total. The Balaban J connectivity index is 1.84. The number of rotatable bonds is 4. The van der Waals surface area contributed by atoms with Crippen LogP contribution in [0.2, 0.25) is 0 Å². The van der Waals surface area contributed by atoms with Gasteiger partial charge in [0.25, 0.3) is 5.91 Å². The Kier molecular flexibility index (Phi) is 4.70. The molecule has 2 aromatic rings. The first-order valence-electron chi connectivity index (χ1n) is 8.72. The normalized spacial score (nSPS) is 18.0. The molecule has 0 aliphatic carbocycles. The number of piperazine rings is 1. The van der Waals surface area contributed by atoms with E-state index in [0.29, 0.717) is 44.0 Å². The molecule has 0 unspecified atom stereocenters. The summed E-state index contributed by atoms with van der Waals surface area (Å²) < 4.78 is 7.43. The number of amides is 2. The van der Waals surface area contributed by atoms with Crippen molar-refractivity contribution in [1.29, 1.82) is 0 Å². The molecule has 6 nitrogen and oxygen atoms in total. The molecule has 6 heteroatoms. The van der Waals surface area contributed by atoms with E-state index < -0.39 is 0 Å². The van der Waals surface area contributed by atoms with Crippen molar-refractivity contribution in [2.75, 3.05) is 19.6 Å². The topological polar surface area (TPSA) is 58.7 Å². The Labute approximate surface area is 147 Å². The Bertz CT molecular complexity index is 817. The van der Waals surface area contributed by atoms with Crippen molar-refractivity contribution in [1.82, 2.24) is 14.4 Å². The monoisotopic (exact) mass is 343 g/mol. The first-order chi connectivity index (χ1) is 11.9. The predicted octanol–water partition coefficient (Wildman–Crippen LogP) is 2.89. The maximum absolute atomic E-state index is 13.1. The quantitative estimate of drug-likeness (QED) is 0.802. The van der Waals surface area contributed by atoms with Gasteiger partial charge >= 0.3 is 0 Å². The summed E-state index contributed by atoms with van der Waals surface area (Å²) in [7, 11) is 0. The lowest BCUT2D eigenvalue weighted by molar-refractivity contribution is -0.134. The van der Waals surface area contributed by atoms with Gasteiger partial charge in [0.2, 0.25) is 11.6 Å². The van der Waals surface area contributed by atoms with E-state index >= 15 is 0 Å². The van der Waals surface area contributed by atoms with Gasteiger partial charge in [-0.05, 0) is 26.0 Å². The Morgan fingerprint density at radius 3 is 2.76 bits per heavy atom. The van der Waals surface area contributed by atoms with Gasteiger partial charge in [-0.1, -0.05) is 19.1 Å². The minimum Gasteiger partial charge on any atom is -0.448 e. The van der Waals surface area contributed by atoms with Gasteiger partial charge in [-0.25, -0.2) is 0 Å². The van der Waals surface area contributed by atoms with Crippen LogP contribution >= 0.6 is 0 Å². The van der Waals surface area contributed by atoms with Gasteiger partial charge in [0.1, 0.15) is 5.69 Å². The number of furan rings is 1. The number of allylic oxidation sites excluding steroid dienone is 1. The molecular formula is C19H25N3O3. The highest BCUT2D eigenvalue weighted by Gasteiger charge is 2.31. The highest BCUT2D eigenvalue weighted by molar-refractivity contribution is 5.98. The third-order valence-corrected chi connectivity index (χ3v) is 4.69. The maximum atomic E-state index is 13.1. The molecular weight excluding hydrogens is 318 g/mol. The molecule has 3 heterocycles. The van der Waals surface area contributed by atoms with Crippen molar-refractivity contribution >= 4 is 22.9 Å². The third kappa shape index (κ3) is 3.21. The van der Waals surface area contributed by atoms with Gasteiger partial charge in [-0.3, -0.25) is 9.59 Å². The molecule has 1 fully saturated rings. The second-order valence-corrected chi connectivity index (χ2v) is 6.79. The van der Waals surface area contributed by atoms with E-state index in [1.165, 1.54) is 0 Å². The zero-order chi connectivity index (χ0) is 18.1. The third-order valence-electron chi connectivity index (χ3n) is 4.69. The lowest BCUT2D eigenvalue weighted by Gasteiger charge is -2.39. The predicted molar refractivity (Wildman–Crippen MR) is 96.4 cm³/mol. The number of hydrogen-bond acceptors (Lipinski definition) is 3. The van der Waals surface area contributed by atoms with Gasteiger partial charge in [0.15, 0.2) is 0 Å². The van der Waals surface area contributed by atoms with Crippen LogP contribution in [0.1, 0.15) is 37.7 Å². The van der Waals surface area contributed by atoms with Crippen LogP contribution in [-0.2, 0) is 11.3 Å². The number of carbonyl (C=O) groups is 2. The first kappa shape index (κ1) is 17.3. The van der Waals surface area contributed by atoms with Crippen molar-refractivity contribution in [3.05, 3.63) is 36.2 Å². The molecule has 0 saturated carbocycles. The minimum atomic E-state index is -0.0249. The molecule has 2 amide bonds. The molecule has 3 rings (SSSR count). The van der Waals surface area contributed by atoms with Crippen molar-refractivity contribution in [2.24, 2.45) is 0 Å². The van der Waals surface area contributed by atoms with E-state index in [4.69, 9.17) is 4.42 Å². The molecule has 0 aromatic carbocycles. The molecule has 1 aliphatic heterocycles. The molecule has 1 atom stereocenters. The van der Waals surface area contributed by atoms with Gasteiger partial charge in [-0.2, -0.15) is 0 Å². The van der Waals surface area contributed by atoms with Crippen LogP contribution in [0.15, 0.2) is 35.0 Å². The maximum Gasteiger partial charge on any atom is 0.270 e. The smallest absolute Gasteiger partial charge is 0.270 e. The molecule has 0 bridgehead atoms. The molecule has 134 valence electrons. The first-order valence-corrected chi connectivity index (χ1v) is 8.72. The van der Waals surface area contributed by atoms with E-state index in [1.807, 2.05) is 47.3 Å². The van der Waals surface area contributed by atoms with E-state index in [0.717, 1.165) is 11.0 Å². The van der Waals surface area contributed by atoms with Crippen molar-refractivity contribution in [2.45, 2.75) is 39.8 Å². The van der Waals surface area contributed by atoms with E-state index in [1.54, 1.807) is 6.26 Å². The molecule has 25 heavy (non-hydrogen) atoms. The lowest BCUT2D eigenvalue weighted by atomic mass is 10.1. The summed E-state index contributed by atoms with van der Waals surface area (Å²) in [6.45, 7) is 12.0. The Morgan fingerprint density at radius 1 is 1.36 bits per heavy atom. The summed E-state index contributed by atoms with van der Waals surface area (Å²) in [5, 5.41) is 0.914. The number of hydrogen-bond donors (Lipinski definition) is 0. The van der Waals surface area contributed by atoms with Gasteiger partial charge < -0.3 is 18.8 Å². The standard InChI is InChI=1S/C19H25N3O3/c1-5-17(23)21-8-7-20(12-14(21)4)18(24)16-10-15-6-9-25-19(15)22(16)11-13(2)3/h6,9-10,14H,2,5,7-8,11-12H2,1,3-4H3/t14-/m1/s1. The van der Waals surface area contributed by atoms with E-state index in [2.05, 4.69) is 6.58 Å². The highest BCUT2D eigenvalue weighted by Crippen LogP contribution is 2.24. The van der Waals surface area contributed by atoms with Crippen molar-refractivity contribution in [3.63, 3.8) is 0 Å². The molecule has 0 radical (unpaired) electrons. The van der Waals surface area contributed by atoms with Crippen LogP contribution in [0.3, 0.4) is 0 Å². The Morgan fingerprint density at radius 2 is 2.12 bits per heavy atom. The molecule has 1 aliphatic rings. The summed E-state index contributed by atoms with van der Waals surface area (Å²) in [6.07, 6.45) is 2.13. The summed E-state index contributed by atoms with van der Waals surface area (Å²) in [5.74, 6) is 0.117.